The predicted octanol–water partition coefficient (Wildman–Crippen LogP) is 4.28. The zero-order valence-corrected chi connectivity index (χ0v) is 9.50. The van der Waals surface area contributed by atoms with E-state index in [1.807, 2.05) is 6.07 Å². The molecule has 1 heterocycles. The molecular formula is C15H12FN. The van der Waals surface area contributed by atoms with Gasteiger partial charge in [0.05, 0.1) is 0 Å². The molecule has 1 nitrogen and oxygen atoms in total. The van der Waals surface area contributed by atoms with E-state index in [9.17, 15) is 4.39 Å². The molecule has 17 heavy (non-hydrogen) atoms. The van der Waals surface area contributed by atoms with Crippen LogP contribution >= 0.6 is 0 Å². The lowest BCUT2D eigenvalue weighted by atomic mass is 10.1. The monoisotopic (exact) mass is 225 g/mol. The Morgan fingerprint density at radius 1 is 0.941 bits per heavy atom. The molecule has 2 heteroatoms. The summed E-state index contributed by atoms with van der Waals surface area (Å²) < 4.78 is 13.1. The molecule has 0 atom stereocenters. The molecule has 3 rings (SSSR count). The van der Waals surface area contributed by atoms with Crippen molar-refractivity contribution in [3.05, 3.63) is 59.9 Å². The van der Waals surface area contributed by atoms with Crippen molar-refractivity contribution in [2.24, 2.45) is 0 Å². The summed E-state index contributed by atoms with van der Waals surface area (Å²) in [6, 6.07) is 15.1. The number of benzene rings is 2. The Morgan fingerprint density at radius 2 is 1.71 bits per heavy atom. The number of H-pyrrole nitrogens is 1. The Labute approximate surface area is 98.9 Å². The van der Waals surface area contributed by atoms with Crippen LogP contribution in [-0.2, 0) is 0 Å². The van der Waals surface area contributed by atoms with E-state index in [4.69, 9.17) is 0 Å². The molecule has 84 valence electrons. The Hall–Kier alpha value is -2.09. The van der Waals surface area contributed by atoms with E-state index in [1.54, 1.807) is 6.07 Å². The van der Waals surface area contributed by atoms with E-state index in [1.165, 1.54) is 17.7 Å². The van der Waals surface area contributed by atoms with Crippen LogP contribution in [0.2, 0.25) is 0 Å². The average Bonchev–Trinajstić information content (AvgIpc) is 2.72. The highest BCUT2D eigenvalue weighted by Crippen LogP contribution is 2.24. The van der Waals surface area contributed by atoms with Gasteiger partial charge in [-0.05, 0) is 36.8 Å². The maximum absolute atomic E-state index is 13.1. The Bertz CT molecular complexity index is 665. The fourth-order valence-electron chi connectivity index (χ4n) is 1.99. The summed E-state index contributed by atoms with van der Waals surface area (Å²) in [5, 5.41) is 1.03. The van der Waals surface area contributed by atoms with Crippen LogP contribution in [0.5, 0.6) is 0 Å². The minimum absolute atomic E-state index is 0.213. The van der Waals surface area contributed by atoms with Crippen molar-refractivity contribution < 1.29 is 4.39 Å². The number of aryl methyl sites for hydroxylation is 1. The molecule has 0 fully saturated rings. The first-order chi connectivity index (χ1) is 8.22. The van der Waals surface area contributed by atoms with Crippen molar-refractivity contribution in [2.75, 3.05) is 0 Å². The summed E-state index contributed by atoms with van der Waals surface area (Å²) in [6.07, 6.45) is 0. The Kier molecular flexibility index (Phi) is 2.22. The zero-order chi connectivity index (χ0) is 11.8. The highest BCUT2D eigenvalue weighted by atomic mass is 19.1. The summed E-state index contributed by atoms with van der Waals surface area (Å²) in [7, 11) is 0. The summed E-state index contributed by atoms with van der Waals surface area (Å²) in [4.78, 5) is 3.23. The molecule has 0 unspecified atom stereocenters. The second-order valence-corrected chi connectivity index (χ2v) is 4.28. The molecule has 0 spiro atoms. The van der Waals surface area contributed by atoms with Crippen molar-refractivity contribution in [3.8, 4) is 11.3 Å². The van der Waals surface area contributed by atoms with Gasteiger partial charge in [0.25, 0.3) is 0 Å². The zero-order valence-electron chi connectivity index (χ0n) is 9.50. The summed E-state index contributed by atoms with van der Waals surface area (Å²) in [5.41, 5.74) is 4.20. The summed E-state index contributed by atoms with van der Waals surface area (Å²) >= 11 is 0. The molecule has 0 aliphatic carbocycles. The average molecular weight is 225 g/mol. The molecule has 2 aromatic carbocycles. The number of rotatable bonds is 1. The maximum atomic E-state index is 13.1. The molecule has 0 aliphatic heterocycles. The summed E-state index contributed by atoms with van der Waals surface area (Å²) in [5.74, 6) is -0.213. The van der Waals surface area contributed by atoms with Gasteiger partial charge in [0.2, 0.25) is 0 Å². The minimum atomic E-state index is -0.213. The van der Waals surface area contributed by atoms with Crippen molar-refractivity contribution >= 4 is 10.9 Å². The normalized spacial score (nSPS) is 10.9. The largest absolute Gasteiger partial charge is 0.354 e. The van der Waals surface area contributed by atoms with Crippen LogP contribution in [-0.4, -0.2) is 4.98 Å². The van der Waals surface area contributed by atoms with Gasteiger partial charge >= 0.3 is 0 Å². The van der Waals surface area contributed by atoms with E-state index in [2.05, 4.69) is 36.2 Å². The van der Waals surface area contributed by atoms with Gasteiger partial charge in [-0.15, -0.1) is 0 Å². The van der Waals surface area contributed by atoms with E-state index in [-0.39, 0.29) is 5.82 Å². The second-order valence-electron chi connectivity index (χ2n) is 4.28. The van der Waals surface area contributed by atoms with Crippen LogP contribution in [0.1, 0.15) is 5.56 Å². The molecule has 1 N–H and O–H groups in total. The van der Waals surface area contributed by atoms with Crippen molar-refractivity contribution in [3.63, 3.8) is 0 Å². The number of halogens is 1. The molecule has 0 radical (unpaired) electrons. The van der Waals surface area contributed by atoms with Gasteiger partial charge in [-0.1, -0.05) is 29.8 Å². The van der Waals surface area contributed by atoms with Crippen LogP contribution in [0.25, 0.3) is 22.2 Å². The number of hydrogen-bond donors (Lipinski definition) is 1. The van der Waals surface area contributed by atoms with Crippen LogP contribution in [0, 0.1) is 12.7 Å². The number of fused-ring (bicyclic) bond motifs is 1. The third-order valence-corrected chi connectivity index (χ3v) is 2.95. The highest BCUT2D eigenvalue weighted by Gasteiger charge is 2.03. The molecule has 0 saturated heterocycles. The van der Waals surface area contributed by atoms with Crippen molar-refractivity contribution in [1.82, 2.24) is 4.98 Å². The van der Waals surface area contributed by atoms with E-state index >= 15 is 0 Å². The van der Waals surface area contributed by atoms with E-state index in [0.717, 1.165) is 22.2 Å². The molecule has 0 amide bonds. The third-order valence-electron chi connectivity index (χ3n) is 2.95. The van der Waals surface area contributed by atoms with Gasteiger partial charge in [0.15, 0.2) is 0 Å². The van der Waals surface area contributed by atoms with Crippen molar-refractivity contribution in [1.29, 1.82) is 0 Å². The van der Waals surface area contributed by atoms with Gasteiger partial charge in [-0.25, -0.2) is 4.39 Å². The molecule has 0 saturated carbocycles. The Balaban J connectivity index is 2.14. The SMILES string of the molecule is Cc1ccc(-c2cc3ccc(F)cc3[nH]2)cc1. The number of hydrogen-bond acceptors (Lipinski definition) is 0. The molecule has 1 aromatic heterocycles. The highest BCUT2D eigenvalue weighted by molar-refractivity contribution is 5.85. The van der Waals surface area contributed by atoms with E-state index in [0.29, 0.717) is 0 Å². The van der Waals surface area contributed by atoms with Crippen molar-refractivity contribution in [2.45, 2.75) is 6.92 Å². The Morgan fingerprint density at radius 3 is 2.47 bits per heavy atom. The quantitative estimate of drug-likeness (QED) is 0.636. The standard InChI is InChI=1S/C15H12FN/c1-10-2-4-11(5-3-10)14-8-12-6-7-13(16)9-15(12)17-14/h2-9,17H,1H3. The second kappa shape index (κ2) is 3.74. The van der Waals surface area contributed by atoms with Crippen LogP contribution in [0.15, 0.2) is 48.5 Å². The number of aromatic nitrogens is 1. The lowest BCUT2D eigenvalue weighted by molar-refractivity contribution is 0.629. The van der Waals surface area contributed by atoms with Gasteiger partial charge in [0.1, 0.15) is 5.82 Å². The van der Waals surface area contributed by atoms with Gasteiger partial charge < -0.3 is 4.98 Å². The minimum Gasteiger partial charge on any atom is -0.354 e. The fraction of sp³-hybridized carbons (Fsp3) is 0.0667. The molecule has 0 bridgehead atoms. The number of nitrogens with one attached hydrogen (secondary N) is 1. The summed E-state index contributed by atoms with van der Waals surface area (Å²) in [6.45, 7) is 2.06. The van der Waals surface area contributed by atoms with Crippen LogP contribution in [0.4, 0.5) is 4.39 Å². The fourth-order valence-corrected chi connectivity index (χ4v) is 1.99. The first-order valence-corrected chi connectivity index (χ1v) is 5.58. The first kappa shape index (κ1) is 10.1. The maximum Gasteiger partial charge on any atom is 0.125 e. The van der Waals surface area contributed by atoms with Gasteiger partial charge in [-0.2, -0.15) is 0 Å². The van der Waals surface area contributed by atoms with Gasteiger partial charge in [0, 0.05) is 16.6 Å². The third kappa shape index (κ3) is 1.82. The predicted molar refractivity (Wildman–Crippen MR) is 68.4 cm³/mol. The molecule has 3 aromatic rings. The topological polar surface area (TPSA) is 15.8 Å². The molecular weight excluding hydrogens is 213 g/mol. The van der Waals surface area contributed by atoms with Crippen LogP contribution < -0.4 is 0 Å². The first-order valence-electron chi connectivity index (χ1n) is 5.58. The van der Waals surface area contributed by atoms with Crippen LogP contribution in [0.3, 0.4) is 0 Å². The van der Waals surface area contributed by atoms with Gasteiger partial charge in [-0.3, -0.25) is 0 Å². The lowest BCUT2D eigenvalue weighted by Gasteiger charge is -1.97. The smallest absolute Gasteiger partial charge is 0.125 e. The number of aromatic amines is 1. The van der Waals surface area contributed by atoms with E-state index < -0.39 is 0 Å². The molecule has 0 aliphatic rings. The lowest BCUT2D eigenvalue weighted by Crippen LogP contribution is -1.77.